The Kier molecular flexibility index (Phi) is 6.23. The van der Waals surface area contributed by atoms with Crippen LogP contribution in [-0.2, 0) is 20.6 Å². The fraction of sp³-hybridized carbons (Fsp3) is 0.160. The summed E-state index contributed by atoms with van der Waals surface area (Å²) in [7, 11) is -3.78. The maximum Gasteiger partial charge on any atom is 0.269 e. The van der Waals surface area contributed by atoms with Crippen LogP contribution in [0.5, 0.6) is 5.75 Å². The van der Waals surface area contributed by atoms with Crippen LogP contribution in [0.4, 0.5) is 10.8 Å². The van der Waals surface area contributed by atoms with Crippen molar-refractivity contribution in [2.24, 2.45) is 0 Å². The van der Waals surface area contributed by atoms with Gasteiger partial charge in [-0.05, 0) is 24.6 Å². The quantitative estimate of drug-likeness (QED) is 0.420. The molecule has 0 aliphatic carbocycles. The second-order valence-corrected chi connectivity index (χ2v) is 11.0. The maximum atomic E-state index is 13.3. The average molecular weight is 507 g/mol. The number of hydrogen-bond donors (Lipinski definition) is 1. The predicted molar refractivity (Wildman–Crippen MR) is 136 cm³/mol. The van der Waals surface area contributed by atoms with Crippen molar-refractivity contribution in [3.8, 4) is 16.3 Å². The van der Waals surface area contributed by atoms with Crippen molar-refractivity contribution in [1.82, 2.24) is 10.2 Å². The molecule has 4 aromatic rings. The number of aromatic nitrogens is 2. The van der Waals surface area contributed by atoms with Gasteiger partial charge >= 0.3 is 0 Å². The zero-order valence-corrected chi connectivity index (χ0v) is 20.4. The van der Waals surface area contributed by atoms with Crippen molar-refractivity contribution < 1.29 is 17.9 Å². The molecular formula is C25H22N4O4S2. The standard InChI is InChI=1S/C25H22N4O4S2/c1-17-11-13-19(14-12-17)24-27-28-25(34-24)26-23(30)22-15-29(20-9-5-6-10-21(20)33-22)35(31,32)16-18-7-3-2-4-8-18/h2-14,22H,15-16H2,1H3,(H,26,28,30)/t22-/m1/s1. The van der Waals surface area contributed by atoms with E-state index in [1.54, 1.807) is 48.5 Å². The van der Waals surface area contributed by atoms with E-state index in [0.29, 0.717) is 27.1 Å². The minimum Gasteiger partial charge on any atom is -0.476 e. The van der Waals surface area contributed by atoms with Gasteiger partial charge in [0.25, 0.3) is 5.91 Å². The van der Waals surface area contributed by atoms with Crippen molar-refractivity contribution in [3.63, 3.8) is 0 Å². The van der Waals surface area contributed by atoms with E-state index in [4.69, 9.17) is 4.74 Å². The number of carbonyl (C=O) groups is 1. The largest absolute Gasteiger partial charge is 0.476 e. The fourth-order valence-corrected chi connectivity index (χ4v) is 6.07. The van der Waals surface area contributed by atoms with Crippen molar-refractivity contribution in [2.45, 2.75) is 18.8 Å². The highest BCUT2D eigenvalue weighted by Crippen LogP contribution is 2.36. The molecule has 0 fully saturated rings. The second kappa shape index (κ2) is 9.47. The first-order valence-corrected chi connectivity index (χ1v) is 13.3. The number of nitrogens with one attached hydrogen (secondary N) is 1. The molecule has 1 aliphatic heterocycles. The Balaban J connectivity index is 1.36. The number of amides is 1. The Hall–Kier alpha value is -3.76. The minimum atomic E-state index is -3.78. The summed E-state index contributed by atoms with van der Waals surface area (Å²) in [4.78, 5) is 13.1. The normalized spacial score (nSPS) is 15.2. The van der Waals surface area contributed by atoms with Crippen molar-refractivity contribution in [3.05, 3.63) is 90.0 Å². The van der Waals surface area contributed by atoms with Crippen LogP contribution in [0.2, 0.25) is 0 Å². The third kappa shape index (κ3) is 5.03. The number of rotatable bonds is 6. The zero-order chi connectivity index (χ0) is 24.4. The van der Waals surface area contributed by atoms with E-state index in [0.717, 1.165) is 11.1 Å². The lowest BCUT2D eigenvalue weighted by Gasteiger charge is -2.34. The molecule has 1 aromatic heterocycles. The molecule has 0 radical (unpaired) electrons. The van der Waals surface area contributed by atoms with Gasteiger partial charge in [0.1, 0.15) is 10.8 Å². The number of anilines is 2. The number of para-hydroxylation sites is 2. The molecule has 0 unspecified atom stereocenters. The SMILES string of the molecule is Cc1ccc(-c2nnc(NC(=O)[C@H]3CN(S(=O)(=O)Cc4ccccc4)c4ccccc4O3)s2)cc1. The van der Waals surface area contributed by atoms with Crippen LogP contribution in [0.25, 0.3) is 10.6 Å². The van der Waals surface area contributed by atoms with Crippen LogP contribution in [0.15, 0.2) is 78.9 Å². The number of hydrogen-bond acceptors (Lipinski definition) is 7. The van der Waals surface area contributed by atoms with Gasteiger partial charge in [-0.1, -0.05) is 83.6 Å². The van der Waals surface area contributed by atoms with E-state index in [-0.39, 0.29) is 12.3 Å². The lowest BCUT2D eigenvalue weighted by molar-refractivity contribution is -0.122. The number of benzene rings is 3. The Bertz CT molecular complexity index is 1450. The molecule has 2 heterocycles. The van der Waals surface area contributed by atoms with Gasteiger partial charge in [0.15, 0.2) is 6.10 Å². The topological polar surface area (TPSA) is 101 Å². The Labute approximate surface area is 207 Å². The fourth-order valence-electron chi connectivity index (χ4n) is 3.74. The monoisotopic (exact) mass is 506 g/mol. The van der Waals surface area contributed by atoms with Gasteiger partial charge < -0.3 is 4.74 Å². The molecule has 1 amide bonds. The summed E-state index contributed by atoms with van der Waals surface area (Å²) < 4.78 is 33.8. The van der Waals surface area contributed by atoms with Gasteiger partial charge in [-0.25, -0.2) is 8.42 Å². The molecule has 35 heavy (non-hydrogen) atoms. The molecule has 8 nitrogen and oxygen atoms in total. The van der Waals surface area contributed by atoms with Crippen molar-refractivity contribution in [1.29, 1.82) is 0 Å². The van der Waals surface area contributed by atoms with Crippen LogP contribution >= 0.6 is 11.3 Å². The van der Waals surface area contributed by atoms with Crippen molar-refractivity contribution in [2.75, 3.05) is 16.2 Å². The number of sulfonamides is 1. The molecule has 1 aliphatic rings. The van der Waals surface area contributed by atoms with E-state index < -0.39 is 22.0 Å². The Morgan fingerprint density at radius 3 is 2.51 bits per heavy atom. The first kappa shape index (κ1) is 23.0. The average Bonchev–Trinajstić information content (AvgIpc) is 3.32. The Morgan fingerprint density at radius 2 is 1.74 bits per heavy atom. The molecule has 0 spiro atoms. The molecule has 0 saturated carbocycles. The molecule has 0 bridgehead atoms. The summed E-state index contributed by atoms with van der Waals surface area (Å²) in [6.07, 6.45) is -1.05. The number of fused-ring (bicyclic) bond motifs is 1. The summed E-state index contributed by atoms with van der Waals surface area (Å²) in [5, 5.41) is 11.9. The highest BCUT2D eigenvalue weighted by atomic mass is 32.2. The van der Waals surface area contributed by atoms with Gasteiger partial charge in [-0.15, -0.1) is 10.2 Å². The molecule has 3 aromatic carbocycles. The van der Waals surface area contributed by atoms with Crippen LogP contribution in [0.1, 0.15) is 11.1 Å². The molecule has 0 saturated heterocycles. The van der Waals surface area contributed by atoms with Gasteiger partial charge in [-0.3, -0.25) is 14.4 Å². The number of nitrogens with zero attached hydrogens (tertiary/aromatic N) is 3. The summed E-state index contributed by atoms with van der Waals surface area (Å²) >= 11 is 1.24. The van der Waals surface area contributed by atoms with Gasteiger partial charge in [-0.2, -0.15) is 0 Å². The van der Waals surface area contributed by atoms with Crippen molar-refractivity contribution >= 4 is 38.1 Å². The van der Waals surface area contributed by atoms with Gasteiger partial charge in [0.05, 0.1) is 18.0 Å². The molecule has 5 rings (SSSR count). The first-order valence-electron chi connectivity index (χ1n) is 10.9. The highest BCUT2D eigenvalue weighted by molar-refractivity contribution is 7.92. The van der Waals surface area contributed by atoms with E-state index in [1.807, 2.05) is 37.3 Å². The van der Waals surface area contributed by atoms with Crippen LogP contribution < -0.4 is 14.4 Å². The Morgan fingerprint density at radius 1 is 1.03 bits per heavy atom. The summed E-state index contributed by atoms with van der Waals surface area (Å²) in [5.41, 5.74) is 3.10. The van der Waals surface area contributed by atoms with Crippen LogP contribution in [-0.4, -0.2) is 37.2 Å². The van der Waals surface area contributed by atoms with Gasteiger partial charge in [0, 0.05) is 5.56 Å². The smallest absolute Gasteiger partial charge is 0.269 e. The number of aryl methyl sites for hydroxylation is 1. The summed E-state index contributed by atoms with van der Waals surface area (Å²) in [6.45, 7) is 1.85. The zero-order valence-electron chi connectivity index (χ0n) is 18.8. The third-order valence-corrected chi connectivity index (χ3v) is 8.11. The lowest BCUT2D eigenvalue weighted by atomic mass is 10.2. The number of ether oxygens (including phenoxy) is 1. The lowest BCUT2D eigenvalue weighted by Crippen LogP contribution is -2.49. The van der Waals surface area contributed by atoms with E-state index in [1.165, 1.54) is 15.6 Å². The molecule has 10 heteroatoms. The summed E-state index contributed by atoms with van der Waals surface area (Å²) in [5.74, 6) is -0.355. The van der Waals surface area contributed by atoms with Gasteiger partial charge in [0.2, 0.25) is 15.2 Å². The first-order chi connectivity index (χ1) is 16.9. The van der Waals surface area contributed by atoms with E-state index >= 15 is 0 Å². The molecule has 178 valence electrons. The number of carbonyl (C=O) groups excluding carboxylic acids is 1. The third-order valence-electron chi connectivity index (χ3n) is 5.51. The molecular weight excluding hydrogens is 484 g/mol. The van der Waals surface area contributed by atoms with Crippen LogP contribution in [0.3, 0.4) is 0 Å². The molecule has 1 N–H and O–H groups in total. The van der Waals surface area contributed by atoms with E-state index in [2.05, 4.69) is 15.5 Å². The predicted octanol–water partition coefficient (Wildman–Crippen LogP) is 4.25. The van der Waals surface area contributed by atoms with Crippen LogP contribution in [0, 0.1) is 6.92 Å². The second-order valence-electron chi connectivity index (χ2n) is 8.11. The summed E-state index contributed by atoms with van der Waals surface area (Å²) in [6, 6.07) is 23.6. The maximum absolute atomic E-state index is 13.3. The highest BCUT2D eigenvalue weighted by Gasteiger charge is 2.37. The minimum absolute atomic E-state index is 0.151. The molecule has 1 atom stereocenters. The van der Waals surface area contributed by atoms with E-state index in [9.17, 15) is 13.2 Å².